The molecule has 0 bridgehead atoms. The normalized spacial score (nSPS) is 16.9. The molecule has 6 heteroatoms. The van der Waals surface area contributed by atoms with Crippen molar-refractivity contribution in [3.63, 3.8) is 0 Å². The van der Waals surface area contributed by atoms with E-state index in [0.29, 0.717) is 23.1 Å². The number of benzene rings is 1. The zero-order chi connectivity index (χ0) is 13.1. The van der Waals surface area contributed by atoms with E-state index >= 15 is 0 Å². The van der Waals surface area contributed by atoms with E-state index in [4.69, 9.17) is 28.9 Å². The molecule has 0 radical (unpaired) electrons. The summed E-state index contributed by atoms with van der Waals surface area (Å²) in [5, 5.41) is 1.18. The van der Waals surface area contributed by atoms with Gasteiger partial charge in [0.1, 0.15) is 0 Å². The maximum absolute atomic E-state index is 11.0. The molecule has 0 aromatic heterocycles. The van der Waals surface area contributed by atoms with Crippen LogP contribution in [0.2, 0.25) is 10.0 Å². The first-order chi connectivity index (χ1) is 8.58. The second-order valence-electron chi connectivity index (χ2n) is 4.31. The summed E-state index contributed by atoms with van der Waals surface area (Å²) in [6.07, 6.45) is 0. The molecule has 2 amide bonds. The van der Waals surface area contributed by atoms with Crippen LogP contribution in [-0.2, 0) is 6.54 Å². The van der Waals surface area contributed by atoms with Gasteiger partial charge in [0.05, 0.1) is 10.0 Å². The van der Waals surface area contributed by atoms with Gasteiger partial charge in [0.2, 0.25) is 0 Å². The predicted octanol–water partition coefficient (Wildman–Crippen LogP) is 2.19. The van der Waals surface area contributed by atoms with Crippen LogP contribution in [-0.4, -0.2) is 42.0 Å². The van der Waals surface area contributed by atoms with E-state index in [-0.39, 0.29) is 6.03 Å². The smallest absolute Gasteiger partial charge is 0.314 e. The molecule has 98 valence electrons. The Bertz CT molecular complexity index is 445. The Hall–Kier alpha value is -0.970. The number of nitrogens with two attached hydrogens (primary N) is 1. The molecular weight excluding hydrogens is 273 g/mol. The lowest BCUT2D eigenvalue weighted by Gasteiger charge is -2.33. The van der Waals surface area contributed by atoms with Crippen molar-refractivity contribution < 1.29 is 4.79 Å². The lowest BCUT2D eigenvalue weighted by molar-refractivity contribution is 0.140. The van der Waals surface area contributed by atoms with Crippen LogP contribution < -0.4 is 5.73 Å². The third-order valence-electron chi connectivity index (χ3n) is 3.11. The lowest BCUT2D eigenvalue weighted by Crippen LogP contribution is -2.50. The monoisotopic (exact) mass is 287 g/mol. The van der Waals surface area contributed by atoms with Crippen LogP contribution in [0.3, 0.4) is 0 Å². The minimum atomic E-state index is -0.351. The summed E-state index contributed by atoms with van der Waals surface area (Å²) in [6.45, 7) is 3.66. The molecular formula is C12H15Cl2N3O. The van der Waals surface area contributed by atoms with Crippen LogP contribution in [0.5, 0.6) is 0 Å². The zero-order valence-electron chi connectivity index (χ0n) is 9.90. The van der Waals surface area contributed by atoms with Gasteiger partial charge in [-0.2, -0.15) is 0 Å². The quantitative estimate of drug-likeness (QED) is 0.907. The zero-order valence-corrected chi connectivity index (χ0v) is 11.4. The summed E-state index contributed by atoms with van der Waals surface area (Å²) >= 11 is 12.1. The average molecular weight is 288 g/mol. The van der Waals surface area contributed by atoms with Crippen molar-refractivity contribution in [2.24, 2.45) is 5.73 Å². The number of hydrogen-bond acceptors (Lipinski definition) is 2. The van der Waals surface area contributed by atoms with Crippen molar-refractivity contribution >= 4 is 29.2 Å². The van der Waals surface area contributed by atoms with E-state index in [1.807, 2.05) is 12.1 Å². The van der Waals surface area contributed by atoms with Crippen molar-refractivity contribution in [2.45, 2.75) is 6.54 Å². The molecule has 1 aromatic rings. The van der Waals surface area contributed by atoms with Crippen LogP contribution in [0.15, 0.2) is 18.2 Å². The third-order valence-corrected chi connectivity index (χ3v) is 3.97. The predicted molar refractivity (Wildman–Crippen MR) is 72.9 cm³/mol. The van der Waals surface area contributed by atoms with Crippen molar-refractivity contribution in [3.05, 3.63) is 33.8 Å². The summed E-state index contributed by atoms with van der Waals surface area (Å²) in [7, 11) is 0. The molecule has 2 rings (SSSR count). The average Bonchev–Trinajstić information content (AvgIpc) is 2.36. The van der Waals surface area contributed by atoms with E-state index in [0.717, 1.165) is 25.2 Å². The number of rotatable bonds is 2. The molecule has 0 aliphatic carbocycles. The number of carbonyl (C=O) groups excluding carboxylic acids is 1. The molecule has 2 N–H and O–H groups in total. The van der Waals surface area contributed by atoms with Gasteiger partial charge in [-0.05, 0) is 11.6 Å². The standard InChI is InChI=1S/C12H15Cl2N3O/c13-10-3-1-2-9(11(10)14)8-16-4-6-17(7-5-16)12(15)18/h1-3H,4-8H2,(H2,15,18). The van der Waals surface area contributed by atoms with Crippen LogP contribution in [0.4, 0.5) is 4.79 Å². The highest BCUT2D eigenvalue weighted by Gasteiger charge is 2.19. The Labute approximate surface area is 116 Å². The fraction of sp³-hybridized carbons (Fsp3) is 0.417. The van der Waals surface area contributed by atoms with Crippen molar-refractivity contribution in [1.82, 2.24) is 9.80 Å². The van der Waals surface area contributed by atoms with Crippen molar-refractivity contribution in [3.8, 4) is 0 Å². The fourth-order valence-corrected chi connectivity index (χ4v) is 2.42. The molecule has 0 spiro atoms. The molecule has 1 saturated heterocycles. The first kappa shape index (κ1) is 13.5. The van der Waals surface area contributed by atoms with Gasteiger partial charge in [0.25, 0.3) is 0 Å². The van der Waals surface area contributed by atoms with Crippen LogP contribution in [0.25, 0.3) is 0 Å². The van der Waals surface area contributed by atoms with Gasteiger partial charge in [-0.25, -0.2) is 4.79 Å². The summed E-state index contributed by atoms with van der Waals surface area (Å²) < 4.78 is 0. The van der Waals surface area contributed by atoms with Crippen LogP contribution in [0.1, 0.15) is 5.56 Å². The number of urea groups is 1. The minimum absolute atomic E-state index is 0.351. The Morgan fingerprint density at radius 3 is 2.50 bits per heavy atom. The van der Waals surface area contributed by atoms with E-state index < -0.39 is 0 Å². The second-order valence-corrected chi connectivity index (χ2v) is 5.10. The molecule has 1 aliphatic rings. The number of primary amides is 1. The molecule has 18 heavy (non-hydrogen) atoms. The first-order valence-electron chi connectivity index (χ1n) is 5.77. The number of amides is 2. The van der Waals surface area contributed by atoms with E-state index in [1.54, 1.807) is 11.0 Å². The van der Waals surface area contributed by atoms with Gasteiger partial charge in [-0.15, -0.1) is 0 Å². The van der Waals surface area contributed by atoms with Gasteiger partial charge < -0.3 is 10.6 Å². The summed E-state index contributed by atoms with van der Waals surface area (Å²) in [5.41, 5.74) is 6.25. The topological polar surface area (TPSA) is 49.6 Å². The van der Waals surface area contributed by atoms with Gasteiger partial charge in [0, 0.05) is 32.7 Å². The highest BCUT2D eigenvalue weighted by atomic mass is 35.5. The molecule has 1 fully saturated rings. The minimum Gasteiger partial charge on any atom is -0.351 e. The Morgan fingerprint density at radius 1 is 1.22 bits per heavy atom. The van der Waals surface area contributed by atoms with E-state index in [1.165, 1.54) is 0 Å². The highest BCUT2D eigenvalue weighted by Crippen LogP contribution is 2.26. The van der Waals surface area contributed by atoms with Gasteiger partial charge in [0.15, 0.2) is 0 Å². The maximum Gasteiger partial charge on any atom is 0.314 e. The summed E-state index contributed by atoms with van der Waals surface area (Å²) in [6, 6.07) is 5.28. The maximum atomic E-state index is 11.0. The lowest BCUT2D eigenvalue weighted by atomic mass is 10.2. The van der Waals surface area contributed by atoms with E-state index in [2.05, 4.69) is 4.90 Å². The molecule has 1 heterocycles. The Balaban J connectivity index is 1.96. The molecule has 4 nitrogen and oxygen atoms in total. The molecule has 0 saturated carbocycles. The fourth-order valence-electron chi connectivity index (χ4n) is 2.04. The van der Waals surface area contributed by atoms with Gasteiger partial charge >= 0.3 is 6.03 Å². The van der Waals surface area contributed by atoms with Crippen LogP contribution in [0, 0.1) is 0 Å². The highest BCUT2D eigenvalue weighted by molar-refractivity contribution is 6.42. The van der Waals surface area contributed by atoms with Gasteiger partial charge in [-0.1, -0.05) is 35.3 Å². The van der Waals surface area contributed by atoms with Crippen molar-refractivity contribution in [1.29, 1.82) is 0 Å². The number of carbonyl (C=O) groups is 1. The number of hydrogen-bond donors (Lipinski definition) is 1. The van der Waals surface area contributed by atoms with E-state index in [9.17, 15) is 4.79 Å². The summed E-state index contributed by atoms with van der Waals surface area (Å²) in [5.74, 6) is 0. The Morgan fingerprint density at radius 2 is 1.89 bits per heavy atom. The number of piperazine rings is 1. The number of halogens is 2. The largest absolute Gasteiger partial charge is 0.351 e. The van der Waals surface area contributed by atoms with Crippen molar-refractivity contribution in [2.75, 3.05) is 26.2 Å². The molecule has 0 unspecified atom stereocenters. The first-order valence-corrected chi connectivity index (χ1v) is 6.53. The SMILES string of the molecule is NC(=O)N1CCN(Cc2cccc(Cl)c2Cl)CC1. The number of nitrogens with zero attached hydrogens (tertiary/aromatic N) is 2. The third kappa shape index (κ3) is 3.07. The molecule has 1 aromatic carbocycles. The second kappa shape index (κ2) is 5.78. The van der Waals surface area contributed by atoms with Gasteiger partial charge in [-0.3, -0.25) is 4.90 Å². The van der Waals surface area contributed by atoms with Crippen LogP contribution >= 0.6 is 23.2 Å². The molecule has 1 aliphatic heterocycles. The Kier molecular flexibility index (Phi) is 4.32. The molecule has 0 atom stereocenters. The summed E-state index contributed by atoms with van der Waals surface area (Å²) in [4.78, 5) is 14.9.